The molecule has 0 saturated carbocycles. The van der Waals surface area contributed by atoms with Crippen LogP contribution in [0.1, 0.15) is 0 Å². The molecule has 1 heterocycles. The summed E-state index contributed by atoms with van der Waals surface area (Å²) >= 11 is 5.21. The second kappa shape index (κ2) is 1.87. The quantitative estimate of drug-likeness (QED) is 0.514. The Labute approximate surface area is 49.9 Å². The second-order valence-corrected chi connectivity index (χ2v) is 1.37. The molecule has 5 nitrogen and oxygen atoms in total. The maximum Gasteiger partial charge on any atom is 0.263 e. The van der Waals surface area contributed by atoms with E-state index >= 15 is 0 Å². The first kappa shape index (κ1) is 5.17. The number of nitrogen functional groups attached to an aromatic ring is 1. The molecule has 1 aromatic heterocycles. The summed E-state index contributed by atoms with van der Waals surface area (Å²) in [5.41, 5.74) is 5.02. The first-order chi connectivity index (χ1) is 3.79. The second-order valence-electron chi connectivity index (χ2n) is 1.03. The van der Waals surface area contributed by atoms with Crippen LogP contribution in [0.25, 0.3) is 0 Å². The van der Waals surface area contributed by atoms with E-state index in [0.29, 0.717) is 0 Å². The third-order valence-electron chi connectivity index (χ3n) is 0.470. The highest BCUT2D eigenvalue weighted by atomic mass is 35.5. The molecule has 8 heavy (non-hydrogen) atoms. The maximum absolute atomic E-state index is 5.21. The minimum atomic E-state index is -0.000741. The summed E-state index contributed by atoms with van der Waals surface area (Å²) in [7, 11) is 0. The van der Waals surface area contributed by atoms with Crippen molar-refractivity contribution in [2.45, 2.75) is 0 Å². The zero-order chi connectivity index (χ0) is 5.98. The van der Waals surface area contributed by atoms with Gasteiger partial charge in [0.25, 0.3) is 11.2 Å². The van der Waals surface area contributed by atoms with Crippen LogP contribution in [0.15, 0.2) is 0 Å². The fourth-order valence-corrected chi connectivity index (χ4v) is 0.301. The largest absolute Gasteiger partial charge is 0.365 e. The van der Waals surface area contributed by atoms with E-state index in [1.54, 1.807) is 0 Å². The number of anilines is 1. The number of rotatable bonds is 0. The van der Waals surface area contributed by atoms with Crippen molar-refractivity contribution in [2.75, 3.05) is 5.73 Å². The SMILES string of the molecule is Nc1nnc(Cl)nn1. The lowest BCUT2D eigenvalue weighted by molar-refractivity contribution is 0.871. The molecule has 0 fully saturated rings. The number of hydrogen-bond acceptors (Lipinski definition) is 5. The highest BCUT2D eigenvalue weighted by molar-refractivity contribution is 6.28. The van der Waals surface area contributed by atoms with Gasteiger partial charge in [-0.1, -0.05) is 0 Å². The smallest absolute Gasteiger partial charge is 0.263 e. The standard InChI is InChI=1S/C2H2ClN5/c3-1-5-7-2(4)8-6-1/h(H2,4,7,8). The van der Waals surface area contributed by atoms with Crippen molar-refractivity contribution in [1.29, 1.82) is 0 Å². The third-order valence-corrected chi connectivity index (χ3v) is 0.621. The summed E-state index contributed by atoms with van der Waals surface area (Å²) in [5, 5.41) is 13.2. The molecule has 2 N–H and O–H groups in total. The lowest BCUT2D eigenvalue weighted by Crippen LogP contribution is -1.98. The molecule has 0 spiro atoms. The van der Waals surface area contributed by atoms with Gasteiger partial charge in [-0.05, 0) is 11.6 Å². The van der Waals surface area contributed by atoms with E-state index in [1.165, 1.54) is 0 Å². The highest BCUT2D eigenvalue weighted by Gasteiger charge is 1.89. The average molecular weight is 132 g/mol. The van der Waals surface area contributed by atoms with Crippen molar-refractivity contribution in [1.82, 2.24) is 20.4 Å². The summed E-state index contributed by atoms with van der Waals surface area (Å²) < 4.78 is 0. The van der Waals surface area contributed by atoms with Gasteiger partial charge in [-0.25, -0.2) is 0 Å². The van der Waals surface area contributed by atoms with Crippen LogP contribution in [0.5, 0.6) is 0 Å². The molecule has 0 unspecified atom stereocenters. The van der Waals surface area contributed by atoms with Gasteiger partial charge in [-0.15, -0.1) is 20.4 Å². The van der Waals surface area contributed by atoms with Gasteiger partial charge in [0.05, 0.1) is 0 Å². The molecule has 6 heteroatoms. The molecule has 0 aliphatic carbocycles. The minimum absolute atomic E-state index is 0.000741. The first-order valence-electron chi connectivity index (χ1n) is 1.77. The van der Waals surface area contributed by atoms with Crippen LogP contribution in [0.3, 0.4) is 0 Å². The molecule has 0 amide bonds. The molecule has 0 atom stereocenters. The van der Waals surface area contributed by atoms with Gasteiger partial charge in [0.15, 0.2) is 0 Å². The molecular formula is C2H2ClN5. The molecule has 1 rings (SSSR count). The van der Waals surface area contributed by atoms with E-state index in [4.69, 9.17) is 17.3 Å². The van der Waals surface area contributed by atoms with Crippen molar-refractivity contribution in [2.24, 2.45) is 0 Å². The zero-order valence-electron chi connectivity index (χ0n) is 3.74. The van der Waals surface area contributed by atoms with Gasteiger partial charge < -0.3 is 5.73 Å². The topological polar surface area (TPSA) is 77.6 Å². The van der Waals surface area contributed by atoms with Crippen LogP contribution in [0, 0.1) is 0 Å². The summed E-state index contributed by atoms with van der Waals surface area (Å²) in [6.07, 6.45) is 0. The van der Waals surface area contributed by atoms with Crippen LogP contribution < -0.4 is 5.73 Å². The Kier molecular flexibility index (Phi) is 1.21. The minimum Gasteiger partial charge on any atom is -0.365 e. The van der Waals surface area contributed by atoms with Gasteiger partial charge in [-0.3, -0.25) is 0 Å². The predicted octanol–water partition coefficient (Wildman–Crippen LogP) is -0.498. The van der Waals surface area contributed by atoms with Crippen molar-refractivity contribution < 1.29 is 0 Å². The van der Waals surface area contributed by atoms with Crippen LogP contribution in [-0.4, -0.2) is 20.4 Å². The monoisotopic (exact) mass is 131 g/mol. The van der Waals surface area contributed by atoms with E-state index in [2.05, 4.69) is 20.4 Å². The number of hydrogen-bond donors (Lipinski definition) is 1. The Morgan fingerprint density at radius 1 is 1.12 bits per heavy atom. The highest BCUT2D eigenvalue weighted by Crippen LogP contribution is 1.91. The molecule has 0 radical (unpaired) electrons. The van der Waals surface area contributed by atoms with Crippen molar-refractivity contribution in [3.63, 3.8) is 0 Å². The lowest BCUT2D eigenvalue weighted by Gasteiger charge is -1.83. The van der Waals surface area contributed by atoms with Crippen LogP contribution >= 0.6 is 11.6 Å². The molecule has 0 aliphatic rings. The predicted molar refractivity (Wildman–Crippen MR) is 27.0 cm³/mol. The Morgan fingerprint density at radius 3 is 2.00 bits per heavy atom. The van der Waals surface area contributed by atoms with Crippen LogP contribution in [0.4, 0.5) is 5.95 Å². The average Bonchev–Trinajstić information content (AvgIpc) is 1.77. The Morgan fingerprint density at radius 2 is 1.62 bits per heavy atom. The zero-order valence-corrected chi connectivity index (χ0v) is 4.50. The van der Waals surface area contributed by atoms with Crippen LogP contribution in [0.2, 0.25) is 5.28 Å². The molecule has 0 saturated heterocycles. The van der Waals surface area contributed by atoms with Gasteiger partial charge in [0.1, 0.15) is 0 Å². The fraction of sp³-hybridized carbons (Fsp3) is 0. The maximum atomic E-state index is 5.21. The Hall–Kier alpha value is -0.970. The summed E-state index contributed by atoms with van der Waals surface area (Å²) in [5.74, 6) is 0.0226. The van der Waals surface area contributed by atoms with E-state index in [-0.39, 0.29) is 11.2 Å². The van der Waals surface area contributed by atoms with Gasteiger partial charge >= 0.3 is 0 Å². The Bertz CT molecular complexity index is 149. The lowest BCUT2D eigenvalue weighted by atomic mass is 11.1. The van der Waals surface area contributed by atoms with Crippen molar-refractivity contribution >= 4 is 17.5 Å². The molecule has 42 valence electrons. The fourth-order valence-electron chi connectivity index (χ4n) is 0.225. The summed E-state index contributed by atoms with van der Waals surface area (Å²) in [6, 6.07) is 0. The molecule has 0 bridgehead atoms. The van der Waals surface area contributed by atoms with Gasteiger partial charge in [0.2, 0.25) is 0 Å². The molecule has 1 aromatic rings. The van der Waals surface area contributed by atoms with E-state index in [0.717, 1.165) is 0 Å². The summed E-state index contributed by atoms with van der Waals surface area (Å²) in [6.45, 7) is 0. The van der Waals surface area contributed by atoms with Crippen LogP contribution in [-0.2, 0) is 0 Å². The van der Waals surface area contributed by atoms with Gasteiger partial charge in [0, 0.05) is 0 Å². The van der Waals surface area contributed by atoms with Crippen molar-refractivity contribution in [3.05, 3.63) is 5.28 Å². The number of nitrogens with zero attached hydrogens (tertiary/aromatic N) is 4. The normalized spacial score (nSPS) is 9.12. The molecule has 0 aromatic carbocycles. The van der Waals surface area contributed by atoms with E-state index < -0.39 is 0 Å². The van der Waals surface area contributed by atoms with E-state index in [1.807, 2.05) is 0 Å². The molecule has 0 aliphatic heterocycles. The van der Waals surface area contributed by atoms with E-state index in [9.17, 15) is 0 Å². The number of halogens is 1. The molecular weight excluding hydrogens is 130 g/mol. The summed E-state index contributed by atoms with van der Waals surface area (Å²) in [4.78, 5) is 0. The third kappa shape index (κ3) is 1.00. The number of nitrogens with two attached hydrogens (primary N) is 1. The first-order valence-corrected chi connectivity index (χ1v) is 2.15. The number of aromatic nitrogens is 4. The van der Waals surface area contributed by atoms with Gasteiger partial charge in [-0.2, -0.15) is 0 Å². The van der Waals surface area contributed by atoms with Crippen molar-refractivity contribution in [3.8, 4) is 0 Å². The Balaban J connectivity index is 3.03.